The monoisotopic (exact) mass is 206 g/mol. The van der Waals surface area contributed by atoms with Gasteiger partial charge in [0, 0.05) is 5.92 Å². The molecular weight excluding hydrogens is 195 g/mol. The first-order valence-electron chi connectivity index (χ1n) is 4.63. The highest BCUT2D eigenvalue weighted by Crippen LogP contribution is 2.25. The number of anilines is 1. The van der Waals surface area contributed by atoms with Gasteiger partial charge >= 0.3 is 0 Å². The molecule has 3 nitrogen and oxygen atoms in total. The molecule has 0 bridgehead atoms. The minimum absolute atomic E-state index is 0.0235. The van der Waals surface area contributed by atoms with Crippen molar-refractivity contribution in [2.75, 3.05) is 5.73 Å². The van der Waals surface area contributed by atoms with E-state index in [1.165, 1.54) is 12.1 Å². The maximum Gasteiger partial charge on any atom is 0.292 e. The largest absolute Gasteiger partial charge is 0.428 e. The number of oxazole rings is 1. The number of rotatable bonds is 2. The van der Waals surface area contributed by atoms with Crippen molar-refractivity contribution >= 4 is 6.01 Å². The molecule has 4 heteroatoms. The maximum atomic E-state index is 12.7. The first-order valence-corrected chi connectivity index (χ1v) is 4.63. The molecule has 0 aliphatic carbocycles. The van der Waals surface area contributed by atoms with E-state index in [-0.39, 0.29) is 17.7 Å². The Labute approximate surface area is 86.7 Å². The molecule has 0 fully saturated rings. The standard InChI is InChI=1S/C11H11FN2O/c1-7(10-6-14-11(13)15-10)8-2-4-9(12)5-3-8/h2-7H,1H3,(H2,13,14). The van der Waals surface area contributed by atoms with Crippen LogP contribution in [0.25, 0.3) is 0 Å². The Hall–Kier alpha value is -1.84. The maximum absolute atomic E-state index is 12.7. The van der Waals surface area contributed by atoms with E-state index in [1.54, 1.807) is 18.3 Å². The molecule has 15 heavy (non-hydrogen) atoms. The molecule has 0 saturated heterocycles. The lowest BCUT2D eigenvalue weighted by Crippen LogP contribution is -1.94. The molecule has 1 unspecified atom stereocenters. The summed E-state index contributed by atoms with van der Waals surface area (Å²) in [6.45, 7) is 1.95. The van der Waals surface area contributed by atoms with Crippen LogP contribution in [-0.2, 0) is 0 Å². The van der Waals surface area contributed by atoms with E-state index in [4.69, 9.17) is 10.2 Å². The van der Waals surface area contributed by atoms with Crippen molar-refractivity contribution in [1.29, 1.82) is 0 Å². The minimum atomic E-state index is -0.247. The molecule has 1 aromatic heterocycles. The lowest BCUT2D eigenvalue weighted by Gasteiger charge is -2.07. The Kier molecular flexibility index (Phi) is 2.41. The summed E-state index contributed by atoms with van der Waals surface area (Å²) in [4.78, 5) is 3.82. The van der Waals surface area contributed by atoms with Crippen molar-refractivity contribution in [2.45, 2.75) is 12.8 Å². The van der Waals surface area contributed by atoms with E-state index < -0.39 is 0 Å². The molecule has 0 aliphatic heterocycles. The third kappa shape index (κ3) is 1.98. The van der Waals surface area contributed by atoms with E-state index in [1.807, 2.05) is 6.92 Å². The number of aromatic nitrogens is 1. The fourth-order valence-electron chi connectivity index (χ4n) is 1.42. The zero-order valence-electron chi connectivity index (χ0n) is 8.27. The van der Waals surface area contributed by atoms with Gasteiger partial charge in [-0.25, -0.2) is 9.37 Å². The van der Waals surface area contributed by atoms with Gasteiger partial charge < -0.3 is 10.2 Å². The molecule has 1 atom stereocenters. The van der Waals surface area contributed by atoms with Crippen LogP contribution in [0.3, 0.4) is 0 Å². The molecule has 1 heterocycles. The van der Waals surface area contributed by atoms with Crippen LogP contribution in [0.2, 0.25) is 0 Å². The van der Waals surface area contributed by atoms with Crippen LogP contribution in [0.5, 0.6) is 0 Å². The summed E-state index contributed by atoms with van der Waals surface area (Å²) in [7, 11) is 0. The molecule has 2 aromatic rings. The molecule has 78 valence electrons. The number of halogens is 1. The Morgan fingerprint density at radius 2 is 2.00 bits per heavy atom. The van der Waals surface area contributed by atoms with E-state index in [2.05, 4.69) is 4.98 Å². The third-order valence-corrected chi connectivity index (χ3v) is 2.34. The zero-order valence-corrected chi connectivity index (χ0v) is 8.27. The minimum Gasteiger partial charge on any atom is -0.428 e. The Bertz CT molecular complexity index is 450. The second kappa shape index (κ2) is 3.73. The summed E-state index contributed by atoms with van der Waals surface area (Å²) in [5.41, 5.74) is 6.35. The van der Waals surface area contributed by atoms with Gasteiger partial charge in [0.1, 0.15) is 11.6 Å². The van der Waals surface area contributed by atoms with E-state index >= 15 is 0 Å². The summed E-state index contributed by atoms with van der Waals surface area (Å²) in [5.74, 6) is 0.456. The number of nitrogens with zero attached hydrogens (tertiary/aromatic N) is 1. The molecule has 0 radical (unpaired) electrons. The second-order valence-corrected chi connectivity index (χ2v) is 3.37. The average molecular weight is 206 g/mol. The summed E-state index contributed by atoms with van der Waals surface area (Å²) < 4.78 is 17.9. The SMILES string of the molecule is CC(c1ccc(F)cc1)c1cnc(N)o1. The highest BCUT2D eigenvalue weighted by molar-refractivity contribution is 5.27. The van der Waals surface area contributed by atoms with Crippen LogP contribution in [-0.4, -0.2) is 4.98 Å². The number of hydrogen-bond donors (Lipinski definition) is 1. The first-order chi connectivity index (χ1) is 7.16. The fraction of sp³-hybridized carbons (Fsp3) is 0.182. The lowest BCUT2D eigenvalue weighted by atomic mass is 9.99. The van der Waals surface area contributed by atoms with Gasteiger partial charge in [-0.2, -0.15) is 0 Å². The molecular formula is C11H11FN2O. The van der Waals surface area contributed by atoms with Crippen molar-refractivity contribution in [2.24, 2.45) is 0 Å². The van der Waals surface area contributed by atoms with Gasteiger partial charge in [0.05, 0.1) is 6.20 Å². The lowest BCUT2D eigenvalue weighted by molar-refractivity contribution is 0.508. The third-order valence-electron chi connectivity index (χ3n) is 2.34. The Morgan fingerprint density at radius 3 is 2.53 bits per heavy atom. The van der Waals surface area contributed by atoms with Crippen LogP contribution in [0.15, 0.2) is 34.9 Å². The van der Waals surface area contributed by atoms with Crippen LogP contribution in [0.4, 0.5) is 10.4 Å². The topological polar surface area (TPSA) is 52.0 Å². The van der Waals surface area contributed by atoms with Crippen molar-refractivity contribution in [3.63, 3.8) is 0 Å². The van der Waals surface area contributed by atoms with Crippen LogP contribution >= 0.6 is 0 Å². The summed E-state index contributed by atoms with van der Waals surface area (Å²) >= 11 is 0. The highest BCUT2D eigenvalue weighted by atomic mass is 19.1. The molecule has 0 aliphatic rings. The van der Waals surface area contributed by atoms with Crippen molar-refractivity contribution in [3.05, 3.63) is 47.6 Å². The van der Waals surface area contributed by atoms with Crippen LogP contribution in [0, 0.1) is 5.82 Å². The van der Waals surface area contributed by atoms with Gasteiger partial charge in [-0.3, -0.25) is 0 Å². The quantitative estimate of drug-likeness (QED) is 0.821. The number of hydrogen-bond acceptors (Lipinski definition) is 3. The van der Waals surface area contributed by atoms with Crippen molar-refractivity contribution < 1.29 is 8.81 Å². The van der Waals surface area contributed by atoms with E-state index in [0.717, 1.165) is 5.56 Å². The molecule has 0 spiro atoms. The van der Waals surface area contributed by atoms with Gasteiger partial charge in [0.2, 0.25) is 0 Å². The Morgan fingerprint density at radius 1 is 1.33 bits per heavy atom. The predicted molar refractivity (Wildman–Crippen MR) is 54.8 cm³/mol. The van der Waals surface area contributed by atoms with Gasteiger partial charge in [-0.05, 0) is 17.7 Å². The molecule has 0 saturated carbocycles. The summed E-state index contributed by atoms with van der Waals surface area (Å²) in [6, 6.07) is 6.44. The normalized spacial score (nSPS) is 12.7. The fourth-order valence-corrected chi connectivity index (χ4v) is 1.42. The molecule has 1 aromatic carbocycles. The smallest absolute Gasteiger partial charge is 0.292 e. The first kappa shape index (κ1) is 9.71. The summed E-state index contributed by atoms with van der Waals surface area (Å²) in [5, 5.41) is 0. The zero-order chi connectivity index (χ0) is 10.8. The number of benzene rings is 1. The molecule has 0 amide bonds. The van der Waals surface area contributed by atoms with Crippen LogP contribution in [0.1, 0.15) is 24.2 Å². The predicted octanol–water partition coefficient (Wildman–Crippen LogP) is 2.55. The van der Waals surface area contributed by atoms with E-state index in [9.17, 15) is 4.39 Å². The highest BCUT2D eigenvalue weighted by Gasteiger charge is 2.12. The summed E-state index contributed by atoms with van der Waals surface area (Å²) in [6.07, 6.45) is 1.59. The number of nitrogens with two attached hydrogens (primary N) is 1. The van der Waals surface area contributed by atoms with Gasteiger partial charge in [0.25, 0.3) is 6.01 Å². The van der Waals surface area contributed by atoms with E-state index in [0.29, 0.717) is 5.76 Å². The van der Waals surface area contributed by atoms with Crippen molar-refractivity contribution in [1.82, 2.24) is 4.98 Å². The molecule has 2 rings (SSSR count). The molecule has 2 N–H and O–H groups in total. The van der Waals surface area contributed by atoms with Gasteiger partial charge in [0.15, 0.2) is 0 Å². The van der Waals surface area contributed by atoms with Crippen molar-refractivity contribution in [3.8, 4) is 0 Å². The second-order valence-electron chi connectivity index (χ2n) is 3.37. The van der Waals surface area contributed by atoms with Crippen LogP contribution < -0.4 is 5.73 Å². The van der Waals surface area contributed by atoms with Gasteiger partial charge in [-0.15, -0.1) is 0 Å². The Balaban J connectivity index is 2.28. The number of nitrogen functional groups attached to an aromatic ring is 1. The average Bonchev–Trinajstić information content (AvgIpc) is 2.65. The van der Waals surface area contributed by atoms with Gasteiger partial charge in [-0.1, -0.05) is 19.1 Å².